The van der Waals surface area contributed by atoms with Crippen molar-refractivity contribution in [3.63, 3.8) is 0 Å². The second-order valence-corrected chi connectivity index (χ2v) is 7.55. The van der Waals surface area contributed by atoms with Gasteiger partial charge in [0.1, 0.15) is 0 Å². The van der Waals surface area contributed by atoms with Gasteiger partial charge in [-0.25, -0.2) is 13.2 Å². The van der Waals surface area contributed by atoms with Crippen LogP contribution in [0.1, 0.15) is 13.3 Å². The van der Waals surface area contributed by atoms with Crippen LogP contribution in [0.4, 0.5) is 10.5 Å². The predicted octanol–water partition coefficient (Wildman–Crippen LogP) is 2.04. The fourth-order valence-electron chi connectivity index (χ4n) is 2.10. The summed E-state index contributed by atoms with van der Waals surface area (Å²) >= 11 is 5.93. The molecular formula is C12H15ClN2O3S. The number of rotatable bonds is 2. The SMILES string of the molecule is C[C@]1(NC(=O)Nc2ccccc2Cl)CCS(=O)(=O)C1. The molecule has 0 spiro atoms. The van der Waals surface area contributed by atoms with Crippen LogP contribution in [0.2, 0.25) is 5.02 Å². The maximum absolute atomic E-state index is 11.9. The summed E-state index contributed by atoms with van der Waals surface area (Å²) in [6.07, 6.45) is 0.422. The van der Waals surface area contributed by atoms with Crippen LogP contribution in [0, 0.1) is 0 Å². The molecule has 0 aromatic heterocycles. The largest absolute Gasteiger partial charge is 0.332 e. The molecule has 1 aliphatic heterocycles. The summed E-state index contributed by atoms with van der Waals surface area (Å²) in [6.45, 7) is 1.73. The molecule has 0 radical (unpaired) electrons. The first-order valence-electron chi connectivity index (χ1n) is 5.84. The zero-order chi connectivity index (χ0) is 14.1. The number of carbonyl (C=O) groups is 1. The molecular weight excluding hydrogens is 288 g/mol. The summed E-state index contributed by atoms with van der Waals surface area (Å²) in [6, 6.07) is 6.40. The van der Waals surface area contributed by atoms with E-state index in [2.05, 4.69) is 10.6 Å². The van der Waals surface area contributed by atoms with Crippen molar-refractivity contribution >= 4 is 33.2 Å². The molecule has 2 rings (SSSR count). The second kappa shape index (κ2) is 5.02. The zero-order valence-electron chi connectivity index (χ0n) is 10.4. The number of benzene rings is 1. The molecule has 19 heavy (non-hydrogen) atoms. The van der Waals surface area contributed by atoms with Crippen LogP contribution in [0.3, 0.4) is 0 Å². The molecule has 1 atom stereocenters. The smallest absolute Gasteiger partial charge is 0.319 e. The van der Waals surface area contributed by atoms with Gasteiger partial charge in [-0.1, -0.05) is 23.7 Å². The third kappa shape index (κ3) is 3.61. The molecule has 1 aliphatic rings. The Hall–Kier alpha value is -1.27. The highest BCUT2D eigenvalue weighted by Gasteiger charge is 2.39. The fraction of sp³-hybridized carbons (Fsp3) is 0.417. The summed E-state index contributed by atoms with van der Waals surface area (Å²) in [5.41, 5.74) is -0.226. The van der Waals surface area contributed by atoms with Crippen molar-refractivity contribution in [3.05, 3.63) is 29.3 Å². The van der Waals surface area contributed by atoms with E-state index in [0.29, 0.717) is 17.1 Å². The van der Waals surface area contributed by atoms with Crippen molar-refractivity contribution in [3.8, 4) is 0 Å². The Morgan fingerprint density at radius 1 is 1.37 bits per heavy atom. The molecule has 0 saturated carbocycles. The van der Waals surface area contributed by atoms with Gasteiger partial charge in [0, 0.05) is 0 Å². The van der Waals surface area contributed by atoms with E-state index in [-0.39, 0.29) is 11.5 Å². The monoisotopic (exact) mass is 302 g/mol. The van der Waals surface area contributed by atoms with Gasteiger partial charge in [0.2, 0.25) is 0 Å². The zero-order valence-corrected chi connectivity index (χ0v) is 12.0. The van der Waals surface area contributed by atoms with Crippen LogP contribution < -0.4 is 10.6 Å². The van der Waals surface area contributed by atoms with Crippen LogP contribution in [0.15, 0.2) is 24.3 Å². The Kier molecular flexibility index (Phi) is 3.73. The molecule has 104 valence electrons. The second-order valence-electron chi connectivity index (χ2n) is 4.96. The Bertz CT molecular complexity index is 603. The lowest BCUT2D eigenvalue weighted by Crippen LogP contribution is -2.48. The standard InChI is InChI=1S/C12H15ClN2O3S/c1-12(6-7-19(17,18)8-12)15-11(16)14-10-5-3-2-4-9(10)13/h2-5H,6-8H2,1H3,(H2,14,15,16)/t12-/m0/s1. The number of para-hydroxylation sites is 1. The summed E-state index contributed by atoms with van der Waals surface area (Å²) in [4.78, 5) is 11.9. The number of sulfone groups is 1. The minimum absolute atomic E-state index is 0.0318. The molecule has 0 aliphatic carbocycles. The van der Waals surface area contributed by atoms with E-state index in [1.54, 1.807) is 31.2 Å². The lowest BCUT2D eigenvalue weighted by Gasteiger charge is -2.24. The quantitative estimate of drug-likeness (QED) is 0.878. The summed E-state index contributed by atoms with van der Waals surface area (Å²) in [5.74, 6) is 0.0752. The summed E-state index contributed by atoms with van der Waals surface area (Å²) in [5, 5.41) is 5.74. The number of anilines is 1. The van der Waals surface area contributed by atoms with Crippen molar-refractivity contribution in [1.29, 1.82) is 0 Å². The molecule has 1 aromatic carbocycles. The minimum atomic E-state index is -3.05. The van der Waals surface area contributed by atoms with Crippen LogP contribution in [-0.4, -0.2) is 31.5 Å². The van der Waals surface area contributed by atoms with E-state index in [4.69, 9.17) is 11.6 Å². The topological polar surface area (TPSA) is 75.3 Å². The number of hydrogen-bond donors (Lipinski definition) is 2. The van der Waals surface area contributed by atoms with E-state index in [1.807, 2.05) is 0 Å². The van der Waals surface area contributed by atoms with Gasteiger partial charge in [0.15, 0.2) is 9.84 Å². The molecule has 1 fully saturated rings. The lowest BCUT2D eigenvalue weighted by molar-refractivity contribution is 0.242. The minimum Gasteiger partial charge on any atom is -0.332 e. The number of hydrogen-bond acceptors (Lipinski definition) is 3. The number of halogens is 1. The van der Waals surface area contributed by atoms with E-state index in [9.17, 15) is 13.2 Å². The molecule has 2 amide bonds. The van der Waals surface area contributed by atoms with Crippen LogP contribution >= 0.6 is 11.6 Å². The van der Waals surface area contributed by atoms with Gasteiger partial charge < -0.3 is 10.6 Å². The van der Waals surface area contributed by atoms with E-state index < -0.39 is 21.4 Å². The molecule has 0 unspecified atom stereocenters. The van der Waals surface area contributed by atoms with Gasteiger partial charge in [0.25, 0.3) is 0 Å². The van der Waals surface area contributed by atoms with Crippen LogP contribution in [-0.2, 0) is 9.84 Å². The summed E-state index contributed by atoms with van der Waals surface area (Å²) in [7, 11) is -3.05. The first-order chi connectivity index (χ1) is 8.80. The predicted molar refractivity (Wildman–Crippen MR) is 75.3 cm³/mol. The van der Waals surface area contributed by atoms with Gasteiger partial charge in [-0.2, -0.15) is 0 Å². The Morgan fingerprint density at radius 3 is 2.63 bits per heavy atom. The Labute approximate surface area is 117 Å². The van der Waals surface area contributed by atoms with E-state index in [1.165, 1.54) is 0 Å². The van der Waals surface area contributed by atoms with Gasteiger partial charge in [-0.05, 0) is 25.5 Å². The highest BCUT2D eigenvalue weighted by Crippen LogP contribution is 2.24. The first kappa shape index (κ1) is 14.1. The van der Waals surface area contributed by atoms with Crippen molar-refractivity contribution in [1.82, 2.24) is 5.32 Å². The van der Waals surface area contributed by atoms with E-state index in [0.717, 1.165) is 0 Å². The molecule has 1 saturated heterocycles. The third-order valence-electron chi connectivity index (χ3n) is 3.04. The number of carbonyl (C=O) groups excluding carboxylic acids is 1. The maximum Gasteiger partial charge on any atom is 0.319 e. The molecule has 7 heteroatoms. The van der Waals surface area contributed by atoms with Crippen LogP contribution in [0.25, 0.3) is 0 Å². The number of nitrogens with one attached hydrogen (secondary N) is 2. The molecule has 1 heterocycles. The van der Waals surface area contributed by atoms with E-state index >= 15 is 0 Å². The van der Waals surface area contributed by atoms with Crippen LogP contribution in [0.5, 0.6) is 0 Å². The average molecular weight is 303 g/mol. The number of urea groups is 1. The van der Waals surface area contributed by atoms with Gasteiger partial charge in [-0.3, -0.25) is 0 Å². The Balaban J connectivity index is 2.01. The lowest BCUT2D eigenvalue weighted by atomic mass is 10.0. The molecule has 2 N–H and O–H groups in total. The Morgan fingerprint density at radius 2 is 2.05 bits per heavy atom. The first-order valence-corrected chi connectivity index (χ1v) is 8.04. The number of amides is 2. The van der Waals surface area contributed by atoms with Crippen molar-refractivity contribution in [2.75, 3.05) is 16.8 Å². The average Bonchev–Trinajstić information content (AvgIpc) is 2.56. The van der Waals surface area contributed by atoms with Crippen molar-refractivity contribution in [2.45, 2.75) is 18.9 Å². The maximum atomic E-state index is 11.9. The van der Waals surface area contributed by atoms with Gasteiger partial charge >= 0.3 is 6.03 Å². The fourth-order valence-corrected chi connectivity index (χ4v) is 4.38. The third-order valence-corrected chi connectivity index (χ3v) is 5.27. The molecule has 0 bridgehead atoms. The molecule has 1 aromatic rings. The highest BCUT2D eigenvalue weighted by molar-refractivity contribution is 7.91. The van der Waals surface area contributed by atoms with Crippen molar-refractivity contribution in [2.24, 2.45) is 0 Å². The molecule has 5 nitrogen and oxygen atoms in total. The highest BCUT2D eigenvalue weighted by atomic mass is 35.5. The van der Waals surface area contributed by atoms with Crippen molar-refractivity contribution < 1.29 is 13.2 Å². The van der Waals surface area contributed by atoms with Gasteiger partial charge in [-0.15, -0.1) is 0 Å². The van der Waals surface area contributed by atoms with Gasteiger partial charge in [0.05, 0.1) is 27.8 Å². The summed E-state index contributed by atoms with van der Waals surface area (Å²) < 4.78 is 22.9. The normalized spacial score (nSPS) is 24.9.